The van der Waals surface area contributed by atoms with Gasteiger partial charge in [0.25, 0.3) is 5.91 Å². The zero-order valence-corrected chi connectivity index (χ0v) is 18.6. The molecule has 3 atom stereocenters. The van der Waals surface area contributed by atoms with Crippen LogP contribution in [0.1, 0.15) is 50.0 Å². The number of nitrogens with zero attached hydrogens (tertiary/aromatic N) is 3. The minimum atomic E-state index is -0.359. The number of amides is 3. The van der Waals surface area contributed by atoms with Crippen molar-refractivity contribution in [1.82, 2.24) is 20.1 Å². The highest BCUT2D eigenvalue weighted by Gasteiger charge is 2.34. The van der Waals surface area contributed by atoms with Crippen LogP contribution in [0, 0.1) is 5.92 Å². The molecule has 2 rings (SSSR count). The van der Waals surface area contributed by atoms with Crippen molar-refractivity contribution in [2.24, 2.45) is 5.92 Å². The Kier molecular flexibility index (Phi) is 8.65. The molecule has 0 unspecified atom stereocenters. The van der Waals surface area contributed by atoms with E-state index in [9.17, 15) is 14.7 Å². The first-order valence-electron chi connectivity index (χ1n) is 10.5. The fourth-order valence-corrected chi connectivity index (χ4v) is 3.34. The Hall–Kier alpha value is -2.61. The summed E-state index contributed by atoms with van der Waals surface area (Å²) in [4.78, 5) is 33.2. The van der Waals surface area contributed by atoms with Crippen molar-refractivity contribution in [1.29, 1.82) is 0 Å². The van der Waals surface area contributed by atoms with Crippen LogP contribution in [0.5, 0.6) is 5.88 Å². The van der Waals surface area contributed by atoms with Gasteiger partial charge in [-0.1, -0.05) is 26.0 Å². The number of likely N-dealkylation sites (N-methyl/N-ethyl adjacent to an activating group) is 1. The van der Waals surface area contributed by atoms with Gasteiger partial charge in [-0.15, -0.1) is 0 Å². The molecule has 30 heavy (non-hydrogen) atoms. The second-order valence-electron chi connectivity index (χ2n) is 7.86. The number of hydrogen-bond acceptors (Lipinski definition) is 5. The molecule has 0 saturated heterocycles. The number of pyridine rings is 1. The summed E-state index contributed by atoms with van der Waals surface area (Å²) in [6, 6.07) is 1.25. The molecule has 0 bridgehead atoms. The second-order valence-corrected chi connectivity index (χ2v) is 7.86. The summed E-state index contributed by atoms with van der Waals surface area (Å²) >= 11 is 0. The number of carbonyl (C=O) groups is 2. The Labute approximate surface area is 178 Å². The van der Waals surface area contributed by atoms with E-state index < -0.39 is 0 Å². The zero-order chi connectivity index (χ0) is 22.3. The molecule has 0 aromatic carbocycles. The molecule has 3 amide bonds. The summed E-state index contributed by atoms with van der Waals surface area (Å²) in [6.45, 7) is 8.92. The van der Waals surface area contributed by atoms with Crippen molar-refractivity contribution in [3.8, 4) is 5.88 Å². The Balaban J connectivity index is 2.37. The van der Waals surface area contributed by atoms with E-state index in [0.717, 1.165) is 12.0 Å². The Morgan fingerprint density at radius 3 is 2.90 bits per heavy atom. The normalized spacial score (nSPS) is 20.2. The van der Waals surface area contributed by atoms with E-state index in [-0.39, 0.29) is 42.5 Å². The van der Waals surface area contributed by atoms with Crippen LogP contribution >= 0.6 is 0 Å². The summed E-state index contributed by atoms with van der Waals surface area (Å²) in [6.07, 6.45) is 5.90. The first-order valence-corrected chi connectivity index (χ1v) is 10.5. The molecule has 2 heterocycles. The van der Waals surface area contributed by atoms with Gasteiger partial charge >= 0.3 is 6.03 Å². The summed E-state index contributed by atoms with van der Waals surface area (Å²) in [5.74, 6) is -0.0402. The van der Waals surface area contributed by atoms with Crippen LogP contribution in [0.3, 0.4) is 0 Å². The molecule has 1 aromatic rings. The minimum Gasteiger partial charge on any atom is -0.472 e. The molecule has 1 aromatic heterocycles. The van der Waals surface area contributed by atoms with Crippen LogP contribution in [0.4, 0.5) is 4.79 Å². The monoisotopic (exact) mass is 418 g/mol. The van der Waals surface area contributed by atoms with Gasteiger partial charge in [-0.05, 0) is 31.9 Å². The molecule has 8 nitrogen and oxygen atoms in total. The lowest BCUT2D eigenvalue weighted by molar-refractivity contribution is 0.0352. The number of hydrogen-bond donors (Lipinski definition) is 2. The molecule has 8 heteroatoms. The average Bonchev–Trinajstić information content (AvgIpc) is 2.74. The van der Waals surface area contributed by atoms with E-state index in [1.807, 2.05) is 39.8 Å². The van der Waals surface area contributed by atoms with E-state index >= 15 is 0 Å². The predicted molar refractivity (Wildman–Crippen MR) is 116 cm³/mol. The maximum atomic E-state index is 13.2. The predicted octanol–water partition coefficient (Wildman–Crippen LogP) is 2.39. The van der Waals surface area contributed by atoms with E-state index in [1.165, 1.54) is 0 Å². The standard InChI is InChI=1S/C22H34N4O4/c1-6-8-17-10-18-20(24-11-17)30-19(13-25(5)22(29)23-9-7-2)15(3)12-26(21(18)28)16(4)14-27/h6,8,10-11,15-16,19,27H,7,9,12-14H2,1-5H3,(H,23,29)/b8-6+/t15-,16+,19-/m1/s1. The Bertz CT molecular complexity index is 768. The van der Waals surface area contributed by atoms with Crippen molar-refractivity contribution in [3.05, 3.63) is 29.5 Å². The molecule has 0 aliphatic carbocycles. The van der Waals surface area contributed by atoms with Gasteiger partial charge in [0.1, 0.15) is 11.7 Å². The highest BCUT2D eigenvalue weighted by atomic mass is 16.5. The van der Waals surface area contributed by atoms with Gasteiger partial charge in [-0.3, -0.25) is 4.79 Å². The van der Waals surface area contributed by atoms with E-state index in [1.54, 1.807) is 29.1 Å². The number of aliphatic hydroxyl groups excluding tert-OH is 1. The molecule has 2 N–H and O–H groups in total. The van der Waals surface area contributed by atoms with Gasteiger partial charge < -0.3 is 25.0 Å². The summed E-state index contributed by atoms with van der Waals surface area (Å²) in [5, 5.41) is 12.6. The summed E-state index contributed by atoms with van der Waals surface area (Å²) < 4.78 is 6.17. The molecule has 0 saturated carbocycles. The van der Waals surface area contributed by atoms with Gasteiger partial charge in [0.2, 0.25) is 5.88 Å². The van der Waals surface area contributed by atoms with Gasteiger partial charge in [0.15, 0.2) is 0 Å². The number of carbonyl (C=O) groups excluding carboxylic acids is 2. The van der Waals surface area contributed by atoms with Gasteiger partial charge in [0, 0.05) is 32.3 Å². The lowest BCUT2D eigenvalue weighted by Crippen LogP contribution is -2.51. The smallest absolute Gasteiger partial charge is 0.317 e. The molecular formula is C22H34N4O4. The zero-order valence-electron chi connectivity index (χ0n) is 18.6. The third-order valence-electron chi connectivity index (χ3n) is 5.23. The van der Waals surface area contributed by atoms with Crippen LogP contribution < -0.4 is 10.1 Å². The highest BCUT2D eigenvalue weighted by Crippen LogP contribution is 2.27. The number of aromatic nitrogens is 1. The quantitative estimate of drug-likeness (QED) is 0.709. The first kappa shape index (κ1) is 23.7. The minimum absolute atomic E-state index is 0.0745. The topological polar surface area (TPSA) is 95.0 Å². The van der Waals surface area contributed by atoms with Crippen molar-refractivity contribution < 1.29 is 19.4 Å². The average molecular weight is 419 g/mol. The van der Waals surface area contributed by atoms with Crippen LogP contribution in [-0.4, -0.2) is 77.3 Å². The highest BCUT2D eigenvalue weighted by molar-refractivity contribution is 5.97. The van der Waals surface area contributed by atoms with Crippen LogP contribution in [0.2, 0.25) is 0 Å². The summed E-state index contributed by atoms with van der Waals surface area (Å²) in [5.41, 5.74) is 1.16. The lowest BCUT2D eigenvalue weighted by Gasteiger charge is -2.37. The largest absolute Gasteiger partial charge is 0.472 e. The maximum Gasteiger partial charge on any atom is 0.317 e. The van der Waals surface area contributed by atoms with Crippen LogP contribution in [0.15, 0.2) is 18.3 Å². The van der Waals surface area contributed by atoms with Crippen molar-refractivity contribution in [2.75, 3.05) is 33.3 Å². The number of rotatable bonds is 7. The molecule has 1 aliphatic rings. The third kappa shape index (κ3) is 5.72. The summed E-state index contributed by atoms with van der Waals surface area (Å²) in [7, 11) is 1.72. The number of allylic oxidation sites excluding steroid dienone is 1. The second kappa shape index (κ2) is 11.0. The van der Waals surface area contributed by atoms with Crippen molar-refractivity contribution in [3.63, 3.8) is 0 Å². The molecule has 1 aliphatic heterocycles. The number of nitrogens with one attached hydrogen (secondary N) is 1. The third-order valence-corrected chi connectivity index (χ3v) is 5.23. The number of urea groups is 1. The van der Waals surface area contributed by atoms with E-state index in [0.29, 0.717) is 25.2 Å². The lowest BCUT2D eigenvalue weighted by atomic mass is 10.00. The Morgan fingerprint density at radius 2 is 2.27 bits per heavy atom. The molecule has 166 valence electrons. The van der Waals surface area contributed by atoms with Crippen molar-refractivity contribution in [2.45, 2.75) is 46.3 Å². The van der Waals surface area contributed by atoms with Crippen LogP contribution in [-0.2, 0) is 0 Å². The number of aliphatic hydroxyl groups is 1. The molecule has 0 spiro atoms. The number of fused-ring (bicyclic) bond motifs is 1. The van der Waals surface area contributed by atoms with E-state index in [4.69, 9.17) is 4.74 Å². The van der Waals surface area contributed by atoms with Crippen molar-refractivity contribution >= 4 is 18.0 Å². The first-order chi connectivity index (χ1) is 14.3. The molecular weight excluding hydrogens is 384 g/mol. The van der Waals surface area contributed by atoms with Gasteiger partial charge in [-0.2, -0.15) is 0 Å². The SMILES string of the molecule is C/C=C/c1cnc2c(c1)C(=O)N([C@@H](C)CO)C[C@@H](C)[C@@H](CN(C)C(=O)NCCC)O2. The fourth-order valence-electron chi connectivity index (χ4n) is 3.34. The molecule has 0 fully saturated rings. The van der Waals surface area contributed by atoms with Crippen LogP contribution in [0.25, 0.3) is 6.08 Å². The fraction of sp³-hybridized carbons (Fsp3) is 0.591. The Morgan fingerprint density at radius 1 is 1.53 bits per heavy atom. The number of ether oxygens (including phenoxy) is 1. The maximum absolute atomic E-state index is 13.2. The van der Waals surface area contributed by atoms with E-state index in [2.05, 4.69) is 10.3 Å². The van der Waals surface area contributed by atoms with Gasteiger partial charge in [0.05, 0.1) is 19.2 Å². The molecule has 0 radical (unpaired) electrons. The van der Waals surface area contributed by atoms with Gasteiger partial charge in [-0.25, -0.2) is 9.78 Å².